The maximum absolute atomic E-state index is 12.1. The number of pyridine rings is 1. The first kappa shape index (κ1) is 14.8. The highest BCUT2D eigenvalue weighted by atomic mass is 35.5. The Kier molecular flexibility index (Phi) is 4.93. The molecule has 3 N–H and O–H groups in total. The van der Waals surface area contributed by atoms with E-state index in [-0.39, 0.29) is 5.91 Å². The molecule has 0 spiro atoms. The van der Waals surface area contributed by atoms with Gasteiger partial charge in [-0.25, -0.2) is 0 Å². The van der Waals surface area contributed by atoms with E-state index in [2.05, 4.69) is 17.2 Å². The minimum atomic E-state index is -0.496. The summed E-state index contributed by atoms with van der Waals surface area (Å²) in [5.74, 6) is -0.187. The lowest BCUT2D eigenvalue weighted by molar-refractivity contribution is -0.117. The zero-order valence-corrected chi connectivity index (χ0v) is 12.2. The van der Waals surface area contributed by atoms with Gasteiger partial charge in [0.25, 0.3) is 0 Å². The van der Waals surface area contributed by atoms with E-state index in [1.54, 1.807) is 18.3 Å². The summed E-state index contributed by atoms with van der Waals surface area (Å²) in [7, 11) is 0. The average Bonchev–Trinajstić information content (AvgIpc) is 2.47. The van der Waals surface area contributed by atoms with Gasteiger partial charge in [-0.15, -0.1) is 0 Å². The predicted molar refractivity (Wildman–Crippen MR) is 82.9 cm³/mol. The molecular weight excluding hydrogens is 274 g/mol. The monoisotopic (exact) mass is 291 g/mol. The number of nitrogens with zero attached hydrogens (tertiary/aromatic N) is 1. The molecule has 0 radical (unpaired) electrons. The van der Waals surface area contributed by atoms with Crippen molar-refractivity contribution in [2.75, 3.05) is 5.32 Å². The Morgan fingerprint density at radius 2 is 2.25 bits per heavy atom. The smallest absolute Gasteiger partial charge is 0.241 e. The van der Waals surface area contributed by atoms with Crippen molar-refractivity contribution < 1.29 is 4.79 Å². The van der Waals surface area contributed by atoms with Crippen LogP contribution in [0.25, 0.3) is 10.9 Å². The SMILES string of the molecule is CCCCC(N)C(=O)Nc1ccc(Cl)c2cccnc12. The van der Waals surface area contributed by atoms with E-state index >= 15 is 0 Å². The first-order chi connectivity index (χ1) is 9.63. The molecule has 1 aromatic heterocycles. The molecule has 0 aliphatic rings. The number of fused-ring (bicyclic) bond motifs is 1. The Bertz CT molecular complexity index is 615. The zero-order valence-electron chi connectivity index (χ0n) is 11.4. The molecule has 20 heavy (non-hydrogen) atoms. The molecule has 0 aliphatic heterocycles. The maximum Gasteiger partial charge on any atom is 0.241 e. The van der Waals surface area contributed by atoms with Crippen LogP contribution in [-0.4, -0.2) is 16.9 Å². The predicted octanol–water partition coefficient (Wildman–Crippen LogP) is 3.34. The minimum Gasteiger partial charge on any atom is -0.323 e. The molecule has 1 unspecified atom stereocenters. The van der Waals surface area contributed by atoms with Crippen molar-refractivity contribution in [3.63, 3.8) is 0 Å². The number of nitrogens with one attached hydrogen (secondary N) is 1. The van der Waals surface area contributed by atoms with E-state index in [4.69, 9.17) is 17.3 Å². The molecule has 2 aromatic rings. The van der Waals surface area contributed by atoms with Crippen LogP contribution < -0.4 is 11.1 Å². The van der Waals surface area contributed by atoms with Crippen LogP contribution in [-0.2, 0) is 4.79 Å². The van der Waals surface area contributed by atoms with Crippen molar-refractivity contribution in [1.29, 1.82) is 0 Å². The number of aromatic nitrogens is 1. The number of anilines is 1. The van der Waals surface area contributed by atoms with E-state index in [1.807, 2.05) is 12.1 Å². The Balaban J connectivity index is 2.22. The van der Waals surface area contributed by atoms with Gasteiger partial charge in [0.1, 0.15) is 0 Å². The third-order valence-corrected chi connectivity index (χ3v) is 3.51. The molecular formula is C15H18ClN3O. The second-order valence-corrected chi connectivity index (χ2v) is 5.14. The molecule has 4 nitrogen and oxygen atoms in total. The van der Waals surface area contributed by atoms with Crippen molar-refractivity contribution in [3.8, 4) is 0 Å². The summed E-state index contributed by atoms with van der Waals surface area (Å²) in [5, 5.41) is 4.26. The standard InChI is InChI=1S/C15H18ClN3O/c1-2-3-6-12(17)15(20)19-13-8-7-11(16)10-5-4-9-18-14(10)13/h4-5,7-9,12H,2-3,6,17H2,1H3,(H,19,20). The quantitative estimate of drug-likeness (QED) is 0.888. The number of rotatable bonds is 5. The van der Waals surface area contributed by atoms with Gasteiger partial charge >= 0.3 is 0 Å². The largest absolute Gasteiger partial charge is 0.323 e. The second kappa shape index (κ2) is 6.68. The third kappa shape index (κ3) is 3.26. The molecule has 0 saturated carbocycles. The first-order valence-corrected chi connectivity index (χ1v) is 7.11. The van der Waals surface area contributed by atoms with Crippen LogP contribution >= 0.6 is 11.6 Å². The fraction of sp³-hybridized carbons (Fsp3) is 0.333. The van der Waals surface area contributed by atoms with Gasteiger partial charge in [0.05, 0.1) is 22.3 Å². The molecule has 1 aromatic carbocycles. The zero-order chi connectivity index (χ0) is 14.5. The van der Waals surface area contributed by atoms with Crippen molar-refractivity contribution in [2.45, 2.75) is 32.2 Å². The minimum absolute atomic E-state index is 0.187. The number of hydrogen-bond acceptors (Lipinski definition) is 3. The van der Waals surface area contributed by atoms with Gasteiger partial charge in [0.2, 0.25) is 5.91 Å². The van der Waals surface area contributed by atoms with Crippen LogP contribution in [0.4, 0.5) is 5.69 Å². The van der Waals surface area contributed by atoms with E-state index in [9.17, 15) is 4.79 Å². The van der Waals surface area contributed by atoms with Crippen LogP contribution in [0.2, 0.25) is 5.02 Å². The maximum atomic E-state index is 12.1. The Hall–Kier alpha value is -1.65. The molecule has 1 amide bonds. The van der Waals surface area contributed by atoms with Gasteiger partial charge in [-0.1, -0.05) is 31.4 Å². The van der Waals surface area contributed by atoms with Crippen molar-refractivity contribution >= 4 is 34.1 Å². The summed E-state index contributed by atoms with van der Waals surface area (Å²) in [4.78, 5) is 16.3. The molecule has 5 heteroatoms. The van der Waals surface area contributed by atoms with E-state index in [0.717, 1.165) is 18.2 Å². The van der Waals surface area contributed by atoms with Crippen LogP contribution in [0.5, 0.6) is 0 Å². The molecule has 0 aliphatic carbocycles. The number of benzene rings is 1. The average molecular weight is 292 g/mol. The lowest BCUT2D eigenvalue weighted by Crippen LogP contribution is -2.35. The fourth-order valence-corrected chi connectivity index (χ4v) is 2.23. The number of hydrogen-bond donors (Lipinski definition) is 2. The number of carbonyl (C=O) groups is 1. The second-order valence-electron chi connectivity index (χ2n) is 4.73. The van der Waals surface area contributed by atoms with Crippen LogP contribution in [0.3, 0.4) is 0 Å². The first-order valence-electron chi connectivity index (χ1n) is 6.73. The molecule has 106 valence electrons. The summed E-state index contributed by atoms with van der Waals surface area (Å²) in [5.41, 5.74) is 7.18. The number of nitrogens with two attached hydrogens (primary N) is 1. The Morgan fingerprint density at radius 1 is 1.45 bits per heavy atom. The van der Waals surface area contributed by atoms with Gasteiger partial charge < -0.3 is 11.1 Å². The fourth-order valence-electron chi connectivity index (χ4n) is 2.02. The summed E-state index contributed by atoms with van der Waals surface area (Å²) in [6.45, 7) is 2.07. The van der Waals surface area contributed by atoms with Gasteiger partial charge in [-0.2, -0.15) is 0 Å². The Morgan fingerprint density at radius 3 is 3.00 bits per heavy atom. The summed E-state index contributed by atoms with van der Waals surface area (Å²) < 4.78 is 0. The van der Waals surface area contributed by atoms with E-state index in [0.29, 0.717) is 22.6 Å². The van der Waals surface area contributed by atoms with Crippen LogP contribution in [0, 0.1) is 0 Å². The summed E-state index contributed by atoms with van der Waals surface area (Å²) >= 11 is 6.12. The highest BCUT2D eigenvalue weighted by Gasteiger charge is 2.15. The van der Waals surface area contributed by atoms with Gasteiger partial charge in [0.15, 0.2) is 0 Å². The van der Waals surface area contributed by atoms with E-state index < -0.39 is 6.04 Å². The lowest BCUT2D eigenvalue weighted by atomic mass is 10.1. The number of amides is 1. The molecule has 2 rings (SSSR count). The third-order valence-electron chi connectivity index (χ3n) is 3.18. The normalized spacial score (nSPS) is 12.3. The molecule has 1 atom stereocenters. The van der Waals surface area contributed by atoms with Crippen molar-refractivity contribution in [3.05, 3.63) is 35.5 Å². The van der Waals surface area contributed by atoms with Crippen LogP contribution in [0.1, 0.15) is 26.2 Å². The summed E-state index contributed by atoms with van der Waals surface area (Å²) in [6.07, 6.45) is 4.31. The Labute approximate surface area is 123 Å². The number of halogens is 1. The molecule has 0 saturated heterocycles. The number of unbranched alkanes of at least 4 members (excludes halogenated alkanes) is 1. The van der Waals surface area contributed by atoms with Gasteiger partial charge in [-0.05, 0) is 30.7 Å². The topological polar surface area (TPSA) is 68.0 Å². The molecule has 0 fully saturated rings. The van der Waals surface area contributed by atoms with Crippen molar-refractivity contribution in [1.82, 2.24) is 4.98 Å². The highest BCUT2D eigenvalue weighted by Crippen LogP contribution is 2.28. The highest BCUT2D eigenvalue weighted by molar-refractivity contribution is 6.35. The van der Waals surface area contributed by atoms with Crippen LogP contribution in [0.15, 0.2) is 30.5 Å². The van der Waals surface area contributed by atoms with Crippen molar-refractivity contribution in [2.24, 2.45) is 5.73 Å². The lowest BCUT2D eigenvalue weighted by Gasteiger charge is -2.13. The van der Waals surface area contributed by atoms with Gasteiger partial charge in [0, 0.05) is 11.6 Å². The molecule has 1 heterocycles. The molecule has 0 bridgehead atoms. The summed E-state index contributed by atoms with van der Waals surface area (Å²) in [6, 6.07) is 6.69. The van der Waals surface area contributed by atoms with E-state index in [1.165, 1.54) is 0 Å². The number of carbonyl (C=O) groups excluding carboxylic acids is 1. The van der Waals surface area contributed by atoms with Gasteiger partial charge in [-0.3, -0.25) is 9.78 Å².